The topological polar surface area (TPSA) is 141 Å². The van der Waals surface area contributed by atoms with Gasteiger partial charge in [-0.2, -0.15) is 0 Å². The van der Waals surface area contributed by atoms with Crippen LogP contribution in [0.3, 0.4) is 0 Å². The third-order valence-corrected chi connectivity index (χ3v) is 7.43. The smallest absolute Gasteiger partial charge is 0.308 e. The number of H-pyrrole nitrogens is 1. The van der Waals surface area contributed by atoms with Gasteiger partial charge in [0.1, 0.15) is 0 Å². The number of nitrogens with zero attached hydrogens (tertiary/aromatic N) is 3. The van der Waals surface area contributed by atoms with E-state index in [2.05, 4.69) is 4.98 Å². The monoisotopic (exact) mass is 488 g/mol. The summed E-state index contributed by atoms with van der Waals surface area (Å²) in [5.74, 6) is 0.564. The number of nitro benzene ring substituents is 2. The molecule has 1 fully saturated rings. The quantitative estimate of drug-likeness (QED) is 0.315. The van der Waals surface area contributed by atoms with Crippen molar-refractivity contribution in [2.24, 2.45) is 5.92 Å². The van der Waals surface area contributed by atoms with E-state index in [-0.39, 0.29) is 21.1 Å². The van der Waals surface area contributed by atoms with Crippen molar-refractivity contribution in [2.45, 2.75) is 38.6 Å². The number of benzene rings is 2. The fraction of sp³-hybridized carbons (Fsp3) is 0.333. The largest absolute Gasteiger partial charge is 0.312 e. The van der Waals surface area contributed by atoms with Crippen molar-refractivity contribution < 1.29 is 9.85 Å². The van der Waals surface area contributed by atoms with E-state index in [1.165, 1.54) is 62.4 Å². The van der Waals surface area contributed by atoms with Gasteiger partial charge in [0, 0.05) is 30.8 Å². The van der Waals surface area contributed by atoms with Gasteiger partial charge in [0.05, 0.1) is 30.3 Å². The van der Waals surface area contributed by atoms with E-state index >= 15 is 0 Å². The fourth-order valence-electron chi connectivity index (χ4n) is 4.02. The first-order chi connectivity index (χ1) is 15.8. The molecule has 1 aliphatic carbocycles. The minimum absolute atomic E-state index is 0.00255. The molecule has 2 aromatic carbocycles. The summed E-state index contributed by atoms with van der Waals surface area (Å²) in [7, 11) is 0. The maximum absolute atomic E-state index is 12.1. The number of aromatic amines is 1. The van der Waals surface area contributed by atoms with Crippen LogP contribution in [0.25, 0.3) is 20.4 Å². The summed E-state index contributed by atoms with van der Waals surface area (Å²) in [6.45, 7) is 0.747. The summed E-state index contributed by atoms with van der Waals surface area (Å²) < 4.78 is 3.11. The summed E-state index contributed by atoms with van der Waals surface area (Å²) in [4.78, 5) is 45.6. The summed E-state index contributed by atoms with van der Waals surface area (Å²) in [5, 5.41) is 21.2. The van der Waals surface area contributed by atoms with Crippen LogP contribution in [-0.2, 0) is 6.54 Å². The van der Waals surface area contributed by atoms with Gasteiger partial charge in [-0.1, -0.05) is 41.9 Å². The number of non-ortho nitro benzene ring substituents is 2. The van der Waals surface area contributed by atoms with Crippen molar-refractivity contribution in [3.63, 3.8) is 0 Å². The van der Waals surface area contributed by atoms with E-state index < -0.39 is 9.85 Å². The number of thiazole rings is 2. The second-order valence-corrected chi connectivity index (χ2v) is 9.85. The molecule has 2 heterocycles. The third-order valence-electron chi connectivity index (χ3n) is 5.64. The van der Waals surface area contributed by atoms with Crippen molar-refractivity contribution in [3.05, 3.63) is 76.0 Å². The van der Waals surface area contributed by atoms with Crippen LogP contribution >= 0.6 is 22.7 Å². The molecule has 1 aliphatic rings. The Bertz CT molecular complexity index is 1440. The fourth-order valence-corrected chi connectivity index (χ4v) is 5.72. The molecule has 0 aliphatic heterocycles. The molecule has 0 atom stereocenters. The molecule has 172 valence electrons. The first-order valence-corrected chi connectivity index (χ1v) is 12.0. The van der Waals surface area contributed by atoms with Crippen LogP contribution in [-0.4, -0.2) is 19.4 Å². The Kier molecular flexibility index (Phi) is 6.65. The van der Waals surface area contributed by atoms with E-state index in [0.29, 0.717) is 20.8 Å². The number of nitro groups is 2. The molecule has 1 N–H and O–H groups in total. The van der Waals surface area contributed by atoms with E-state index in [9.17, 15) is 29.8 Å². The van der Waals surface area contributed by atoms with Gasteiger partial charge in [0.25, 0.3) is 11.4 Å². The van der Waals surface area contributed by atoms with Crippen molar-refractivity contribution in [1.29, 1.82) is 0 Å². The predicted octanol–water partition coefficient (Wildman–Crippen LogP) is 5.05. The minimum atomic E-state index is -0.483. The highest BCUT2D eigenvalue weighted by Gasteiger charge is 2.18. The molecule has 4 aromatic rings. The summed E-state index contributed by atoms with van der Waals surface area (Å²) >= 11 is 2.07. The van der Waals surface area contributed by atoms with Crippen LogP contribution < -0.4 is 9.75 Å². The van der Waals surface area contributed by atoms with Crippen LogP contribution in [0.15, 0.2) is 46.0 Å². The highest BCUT2D eigenvalue weighted by molar-refractivity contribution is 7.16. The Morgan fingerprint density at radius 1 is 0.909 bits per heavy atom. The van der Waals surface area contributed by atoms with E-state index in [4.69, 9.17) is 0 Å². The lowest BCUT2D eigenvalue weighted by Gasteiger charge is -2.21. The first kappa shape index (κ1) is 22.8. The Hall–Kier alpha value is -3.38. The van der Waals surface area contributed by atoms with Crippen molar-refractivity contribution in [2.75, 3.05) is 0 Å². The van der Waals surface area contributed by atoms with Gasteiger partial charge >= 0.3 is 9.75 Å². The molecule has 1 saturated carbocycles. The molecule has 0 radical (unpaired) electrons. The first-order valence-electron chi connectivity index (χ1n) is 10.4. The maximum atomic E-state index is 12.1. The Balaban J connectivity index is 0.000000172. The molecule has 0 bridgehead atoms. The molecule has 12 heteroatoms. The van der Waals surface area contributed by atoms with Gasteiger partial charge in [-0.15, -0.1) is 0 Å². The molecule has 0 unspecified atom stereocenters. The zero-order valence-corrected chi connectivity index (χ0v) is 19.0. The number of nitrogens with one attached hydrogen (secondary N) is 1. The molecule has 5 rings (SSSR count). The van der Waals surface area contributed by atoms with Crippen molar-refractivity contribution in [3.8, 4) is 0 Å². The lowest BCUT2D eigenvalue weighted by molar-refractivity contribution is -0.384. The predicted molar refractivity (Wildman–Crippen MR) is 128 cm³/mol. The summed E-state index contributed by atoms with van der Waals surface area (Å²) in [6, 6.07) is 8.97. The van der Waals surface area contributed by atoms with Crippen LogP contribution in [0.1, 0.15) is 32.1 Å². The van der Waals surface area contributed by atoms with Crippen molar-refractivity contribution >= 4 is 54.5 Å². The van der Waals surface area contributed by atoms with E-state index in [0.717, 1.165) is 34.7 Å². The van der Waals surface area contributed by atoms with Gasteiger partial charge in [-0.05, 0) is 30.9 Å². The van der Waals surface area contributed by atoms with Crippen LogP contribution in [0.5, 0.6) is 0 Å². The lowest BCUT2D eigenvalue weighted by Crippen LogP contribution is -2.20. The SMILES string of the molecule is O=c1[nH]c2ccc([N+](=O)[O-])cc2s1.O=c1sc2cc([N+](=O)[O-])ccc2n1CC1CCCCC1. The van der Waals surface area contributed by atoms with Crippen LogP contribution in [0, 0.1) is 26.1 Å². The molecule has 10 nitrogen and oxygen atoms in total. The number of hydrogen-bond acceptors (Lipinski definition) is 8. The molecule has 0 amide bonds. The van der Waals surface area contributed by atoms with Gasteiger partial charge < -0.3 is 4.98 Å². The maximum Gasteiger partial charge on any atom is 0.308 e. The number of rotatable bonds is 4. The molecule has 33 heavy (non-hydrogen) atoms. The van der Waals surface area contributed by atoms with Gasteiger partial charge in [-0.3, -0.25) is 34.4 Å². The second-order valence-electron chi connectivity index (χ2n) is 7.84. The van der Waals surface area contributed by atoms with Gasteiger partial charge in [0.15, 0.2) is 0 Å². The Morgan fingerprint density at radius 2 is 1.55 bits per heavy atom. The summed E-state index contributed by atoms with van der Waals surface area (Å²) in [6.07, 6.45) is 6.13. The highest BCUT2D eigenvalue weighted by Crippen LogP contribution is 2.28. The molecular weight excluding hydrogens is 468 g/mol. The lowest BCUT2D eigenvalue weighted by atomic mass is 9.89. The number of hydrogen-bond donors (Lipinski definition) is 1. The Labute approximate surface area is 194 Å². The van der Waals surface area contributed by atoms with Crippen LogP contribution in [0.2, 0.25) is 0 Å². The van der Waals surface area contributed by atoms with Crippen molar-refractivity contribution in [1.82, 2.24) is 9.55 Å². The zero-order valence-electron chi connectivity index (χ0n) is 17.4. The minimum Gasteiger partial charge on any atom is -0.312 e. The summed E-state index contributed by atoms with van der Waals surface area (Å²) in [5.41, 5.74) is 1.52. The molecule has 2 aromatic heterocycles. The third kappa shape index (κ3) is 5.17. The number of aromatic nitrogens is 2. The van der Waals surface area contributed by atoms with E-state index in [1.54, 1.807) is 10.6 Å². The highest BCUT2D eigenvalue weighted by atomic mass is 32.1. The Morgan fingerprint density at radius 3 is 2.21 bits per heavy atom. The van der Waals surface area contributed by atoms with Crippen LogP contribution in [0.4, 0.5) is 11.4 Å². The second kappa shape index (κ2) is 9.63. The van der Waals surface area contributed by atoms with Gasteiger partial charge in [0.2, 0.25) is 0 Å². The number of fused-ring (bicyclic) bond motifs is 2. The van der Waals surface area contributed by atoms with Gasteiger partial charge in [-0.25, -0.2) is 0 Å². The normalized spacial score (nSPS) is 14.2. The zero-order chi connectivity index (χ0) is 23.5. The standard InChI is InChI=1S/C14H16N2O3S.C7H4N2O3S/c17-14-15(9-10-4-2-1-3-5-10)12-7-6-11(16(18)19)8-13(12)20-14;10-7-8-5-2-1-4(9(11)12)3-6(5)13-7/h6-8,10H,1-5,9H2;1-3H,(H,8,10). The average molecular weight is 489 g/mol. The average Bonchev–Trinajstić information content (AvgIpc) is 3.32. The molecular formula is C21H20N4O6S2. The molecule has 0 spiro atoms. The van der Waals surface area contributed by atoms with E-state index in [1.807, 2.05) is 0 Å². The molecule has 0 saturated heterocycles.